The van der Waals surface area contributed by atoms with Gasteiger partial charge in [0, 0.05) is 11.5 Å². The van der Waals surface area contributed by atoms with E-state index in [0.717, 1.165) is 54.6 Å². The number of rotatable bonds is 8. The lowest BCUT2D eigenvalue weighted by molar-refractivity contribution is 0.0563. The Morgan fingerprint density at radius 3 is 2.44 bits per heavy atom. The van der Waals surface area contributed by atoms with Gasteiger partial charge in [0.2, 0.25) is 11.6 Å². The van der Waals surface area contributed by atoms with Crippen molar-refractivity contribution in [3.8, 4) is 11.6 Å². The normalized spacial score (nSPS) is 20.1. The standard InChI is InChI=1S/C26H28F2N2O2/c1-3-19-13-14-26(4-2,17-31-16-18-9-6-5-7-10-18)25-20(19)15-23(29-30-25)32-24-21(27)11-8-12-22(24)28/h5-12,15,19H,3-4,13-14,16-17H2,1-2H3/t19-,26+/m0/s1. The van der Waals surface area contributed by atoms with Gasteiger partial charge in [-0.05, 0) is 54.9 Å². The Morgan fingerprint density at radius 1 is 1.00 bits per heavy atom. The number of halogens is 2. The van der Waals surface area contributed by atoms with Gasteiger partial charge in [0.1, 0.15) is 0 Å². The highest BCUT2D eigenvalue weighted by atomic mass is 19.1. The molecule has 1 aliphatic rings. The summed E-state index contributed by atoms with van der Waals surface area (Å²) in [6.45, 7) is 5.36. The molecule has 0 unspecified atom stereocenters. The molecule has 1 aromatic heterocycles. The van der Waals surface area contributed by atoms with Crippen LogP contribution in [0.15, 0.2) is 54.6 Å². The maximum Gasteiger partial charge on any atom is 0.239 e. The van der Waals surface area contributed by atoms with Gasteiger partial charge in [-0.25, -0.2) is 8.78 Å². The largest absolute Gasteiger partial charge is 0.431 e. The van der Waals surface area contributed by atoms with Crippen LogP contribution >= 0.6 is 0 Å². The number of nitrogens with zero attached hydrogens (tertiary/aromatic N) is 2. The predicted octanol–water partition coefficient (Wildman–Crippen LogP) is 6.70. The number of ether oxygens (including phenoxy) is 2. The Balaban J connectivity index is 1.61. The third-order valence-electron chi connectivity index (χ3n) is 6.50. The van der Waals surface area contributed by atoms with Crippen molar-refractivity contribution in [3.05, 3.63) is 83.1 Å². The van der Waals surface area contributed by atoms with Crippen LogP contribution in [0.2, 0.25) is 0 Å². The zero-order chi connectivity index (χ0) is 22.6. The minimum atomic E-state index is -0.770. The van der Waals surface area contributed by atoms with Crippen LogP contribution in [0.4, 0.5) is 8.78 Å². The lowest BCUT2D eigenvalue weighted by atomic mass is 9.67. The Morgan fingerprint density at radius 2 is 1.75 bits per heavy atom. The number of fused-ring (bicyclic) bond motifs is 1. The Labute approximate surface area is 187 Å². The van der Waals surface area contributed by atoms with Crippen LogP contribution in [0, 0.1) is 11.6 Å². The van der Waals surface area contributed by atoms with Crippen LogP contribution in [0.5, 0.6) is 11.6 Å². The van der Waals surface area contributed by atoms with Gasteiger partial charge in [-0.3, -0.25) is 0 Å². The molecule has 2 atom stereocenters. The molecule has 32 heavy (non-hydrogen) atoms. The average Bonchev–Trinajstić information content (AvgIpc) is 2.82. The van der Waals surface area contributed by atoms with Crippen LogP contribution in [-0.4, -0.2) is 16.8 Å². The van der Waals surface area contributed by atoms with Crippen LogP contribution in [-0.2, 0) is 16.8 Å². The van der Waals surface area contributed by atoms with Gasteiger partial charge in [-0.1, -0.05) is 50.2 Å². The quantitative estimate of drug-likeness (QED) is 0.393. The molecule has 0 spiro atoms. The number of benzene rings is 2. The van der Waals surface area contributed by atoms with E-state index >= 15 is 0 Å². The van der Waals surface area contributed by atoms with Crippen molar-refractivity contribution in [2.24, 2.45) is 0 Å². The molecule has 4 rings (SSSR count). The first-order valence-electron chi connectivity index (χ1n) is 11.2. The highest BCUT2D eigenvalue weighted by Gasteiger charge is 2.40. The lowest BCUT2D eigenvalue weighted by Gasteiger charge is -2.39. The van der Waals surface area contributed by atoms with Gasteiger partial charge in [-0.15, -0.1) is 5.10 Å². The molecule has 0 radical (unpaired) electrons. The summed E-state index contributed by atoms with van der Waals surface area (Å²) >= 11 is 0. The van der Waals surface area contributed by atoms with Crippen molar-refractivity contribution in [3.63, 3.8) is 0 Å². The van der Waals surface area contributed by atoms with E-state index in [2.05, 4.69) is 24.0 Å². The SMILES string of the molecule is CC[C@H]1CC[C@](CC)(COCc2ccccc2)c2nnc(Oc3c(F)cccc3F)cc21. The van der Waals surface area contributed by atoms with Gasteiger partial charge in [0.15, 0.2) is 11.6 Å². The zero-order valence-electron chi connectivity index (χ0n) is 18.5. The molecule has 2 aromatic carbocycles. The molecule has 0 amide bonds. The third kappa shape index (κ3) is 4.51. The Hall–Kier alpha value is -2.86. The molecule has 168 valence electrons. The van der Waals surface area contributed by atoms with Crippen molar-refractivity contribution >= 4 is 0 Å². The molecule has 1 heterocycles. The van der Waals surface area contributed by atoms with Crippen molar-refractivity contribution in [2.75, 3.05) is 6.61 Å². The highest BCUT2D eigenvalue weighted by Crippen LogP contribution is 2.46. The molecule has 0 fully saturated rings. The molecular formula is C26H28F2N2O2. The van der Waals surface area contributed by atoms with Gasteiger partial charge in [0.05, 0.1) is 18.9 Å². The minimum Gasteiger partial charge on any atom is -0.431 e. The second kappa shape index (κ2) is 9.74. The first-order valence-corrected chi connectivity index (χ1v) is 11.2. The summed E-state index contributed by atoms with van der Waals surface area (Å²) in [5, 5.41) is 8.71. The maximum atomic E-state index is 14.0. The van der Waals surface area contributed by atoms with Crippen LogP contribution in [0.25, 0.3) is 0 Å². The molecule has 0 saturated heterocycles. The molecule has 1 aliphatic carbocycles. The number of para-hydroxylation sites is 1. The Bertz CT molecular complexity index is 1040. The van der Waals surface area contributed by atoms with Gasteiger partial charge >= 0.3 is 0 Å². The molecule has 0 N–H and O–H groups in total. The first kappa shape index (κ1) is 22.3. The van der Waals surface area contributed by atoms with E-state index in [1.54, 1.807) is 6.07 Å². The van der Waals surface area contributed by atoms with Crippen molar-refractivity contribution < 1.29 is 18.3 Å². The average molecular weight is 439 g/mol. The number of hydrogen-bond acceptors (Lipinski definition) is 4. The summed E-state index contributed by atoms with van der Waals surface area (Å²) in [6, 6.07) is 15.5. The van der Waals surface area contributed by atoms with Gasteiger partial charge in [0.25, 0.3) is 0 Å². The van der Waals surface area contributed by atoms with E-state index in [1.165, 1.54) is 6.07 Å². The first-order chi connectivity index (χ1) is 15.6. The lowest BCUT2D eigenvalue weighted by Crippen LogP contribution is -2.38. The molecule has 0 bridgehead atoms. The second-order valence-electron chi connectivity index (χ2n) is 8.40. The van der Waals surface area contributed by atoms with Crippen molar-refractivity contribution in [2.45, 2.75) is 57.5 Å². The predicted molar refractivity (Wildman–Crippen MR) is 119 cm³/mol. The zero-order valence-corrected chi connectivity index (χ0v) is 18.5. The van der Waals surface area contributed by atoms with Crippen LogP contribution in [0.3, 0.4) is 0 Å². The maximum absolute atomic E-state index is 14.0. The summed E-state index contributed by atoms with van der Waals surface area (Å²) in [5.74, 6) is -1.61. The fraction of sp³-hybridized carbons (Fsp3) is 0.385. The topological polar surface area (TPSA) is 44.2 Å². The third-order valence-corrected chi connectivity index (χ3v) is 6.50. The number of aromatic nitrogens is 2. The van der Waals surface area contributed by atoms with E-state index in [0.29, 0.717) is 19.1 Å². The Kier molecular flexibility index (Phi) is 6.80. The summed E-state index contributed by atoms with van der Waals surface area (Å²) in [7, 11) is 0. The molecule has 4 nitrogen and oxygen atoms in total. The molecule has 3 aromatic rings. The van der Waals surface area contributed by atoms with E-state index in [9.17, 15) is 8.78 Å². The molecule has 0 aliphatic heterocycles. The molecule has 6 heteroatoms. The minimum absolute atomic E-state index is 0.100. The second-order valence-corrected chi connectivity index (χ2v) is 8.40. The molecule has 0 saturated carbocycles. The van der Waals surface area contributed by atoms with Crippen LogP contribution < -0.4 is 4.74 Å². The monoisotopic (exact) mass is 438 g/mol. The fourth-order valence-electron chi connectivity index (χ4n) is 4.52. The van der Waals surface area contributed by atoms with E-state index in [4.69, 9.17) is 9.47 Å². The van der Waals surface area contributed by atoms with Crippen molar-refractivity contribution in [1.82, 2.24) is 10.2 Å². The van der Waals surface area contributed by atoms with E-state index in [1.807, 2.05) is 30.3 Å². The van der Waals surface area contributed by atoms with E-state index in [-0.39, 0.29) is 11.3 Å². The summed E-state index contributed by atoms with van der Waals surface area (Å²) in [4.78, 5) is 0. The molecular weight excluding hydrogens is 410 g/mol. The van der Waals surface area contributed by atoms with Gasteiger partial charge in [-0.2, -0.15) is 5.10 Å². The summed E-state index contributed by atoms with van der Waals surface area (Å²) in [6.07, 6.45) is 3.75. The fourth-order valence-corrected chi connectivity index (χ4v) is 4.52. The summed E-state index contributed by atoms with van der Waals surface area (Å²) in [5.41, 5.74) is 2.83. The number of hydrogen-bond donors (Lipinski definition) is 0. The summed E-state index contributed by atoms with van der Waals surface area (Å²) < 4.78 is 39.7. The van der Waals surface area contributed by atoms with Gasteiger partial charge < -0.3 is 9.47 Å². The van der Waals surface area contributed by atoms with E-state index < -0.39 is 17.4 Å². The van der Waals surface area contributed by atoms with Crippen molar-refractivity contribution in [1.29, 1.82) is 0 Å². The van der Waals surface area contributed by atoms with Crippen LogP contribution in [0.1, 0.15) is 62.3 Å². The highest BCUT2D eigenvalue weighted by molar-refractivity contribution is 5.38. The smallest absolute Gasteiger partial charge is 0.239 e.